The second-order valence-electron chi connectivity index (χ2n) is 4.59. The van der Waals surface area contributed by atoms with Gasteiger partial charge in [0.2, 0.25) is 0 Å². The number of hydrogen-bond donors (Lipinski definition) is 1. The number of ether oxygens (including phenoxy) is 7. The van der Waals surface area contributed by atoms with Crippen molar-refractivity contribution in [2.24, 2.45) is 0 Å². The summed E-state index contributed by atoms with van der Waals surface area (Å²) >= 11 is 0. The number of aliphatic hydroxyl groups is 1. The summed E-state index contributed by atoms with van der Waals surface area (Å²) in [5.74, 6) is 0. The summed E-state index contributed by atoms with van der Waals surface area (Å²) in [6.45, 7) is 9.62. The summed E-state index contributed by atoms with van der Waals surface area (Å²) in [7, 11) is 0. The molecule has 24 heavy (non-hydrogen) atoms. The lowest BCUT2D eigenvalue weighted by atomic mass is 10.6. The quantitative estimate of drug-likeness (QED) is 0.291. The van der Waals surface area contributed by atoms with E-state index in [4.69, 9.17) is 38.3 Å². The maximum absolute atomic E-state index is 8.50. The predicted octanol–water partition coefficient (Wildman–Crippen LogP) is 0.115. The molecule has 0 heterocycles. The van der Waals surface area contributed by atoms with Gasteiger partial charge in [-0.05, 0) is 6.92 Å². The second-order valence-corrected chi connectivity index (χ2v) is 4.59. The summed E-state index contributed by atoms with van der Waals surface area (Å²) in [6, 6.07) is 0. The summed E-state index contributed by atoms with van der Waals surface area (Å²) in [5, 5.41) is 8.50. The zero-order valence-electron chi connectivity index (χ0n) is 14.9. The van der Waals surface area contributed by atoms with E-state index in [0.29, 0.717) is 92.5 Å². The van der Waals surface area contributed by atoms with Gasteiger partial charge in [-0.25, -0.2) is 0 Å². The van der Waals surface area contributed by atoms with E-state index in [2.05, 4.69) is 0 Å². The van der Waals surface area contributed by atoms with Crippen LogP contribution in [0.2, 0.25) is 0 Å². The lowest BCUT2D eigenvalue weighted by Crippen LogP contribution is -2.14. The van der Waals surface area contributed by atoms with Crippen molar-refractivity contribution in [1.29, 1.82) is 0 Å². The summed E-state index contributed by atoms with van der Waals surface area (Å²) < 4.78 is 36.9. The van der Waals surface area contributed by atoms with Gasteiger partial charge in [-0.2, -0.15) is 0 Å². The molecule has 0 aliphatic carbocycles. The third-order valence-electron chi connectivity index (χ3n) is 2.67. The van der Waals surface area contributed by atoms with Crippen LogP contribution in [0.1, 0.15) is 6.92 Å². The van der Waals surface area contributed by atoms with E-state index in [0.717, 1.165) is 0 Å². The molecule has 0 aliphatic heterocycles. The van der Waals surface area contributed by atoms with Crippen LogP contribution in [0.25, 0.3) is 0 Å². The van der Waals surface area contributed by atoms with Gasteiger partial charge in [-0.3, -0.25) is 0 Å². The van der Waals surface area contributed by atoms with Gasteiger partial charge in [0.15, 0.2) is 0 Å². The molecule has 0 saturated carbocycles. The molecule has 0 amide bonds. The van der Waals surface area contributed by atoms with E-state index in [-0.39, 0.29) is 6.61 Å². The highest BCUT2D eigenvalue weighted by molar-refractivity contribution is 4.37. The number of rotatable bonds is 21. The smallest absolute Gasteiger partial charge is 0.0701 e. The van der Waals surface area contributed by atoms with Crippen molar-refractivity contribution in [3.05, 3.63) is 0 Å². The Kier molecular flexibility index (Phi) is 22.4. The molecular formula is C16H34O8. The molecular weight excluding hydrogens is 320 g/mol. The Hall–Kier alpha value is -0.320. The molecule has 0 aromatic carbocycles. The van der Waals surface area contributed by atoms with Crippen molar-refractivity contribution in [3.8, 4) is 0 Å². The first-order chi connectivity index (χ1) is 11.9. The first kappa shape index (κ1) is 23.7. The van der Waals surface area contributed by atoms with Gasteiger partial charge >= 0.3 is 0 Å². The number of aliphatic hydroxyl groups excluding tert-OH is 1. The van der Waals surface area contributed by atoms with Gasteiger partial charge in [-0.15, -0.1) is 0 Å². The van der Waals surface area contributed by atoms with Gasteiger partial charge in [-0.1, -0.05) is 0 Å². The minimum absolute atomic E-state index is 0.0381. The fraction of sp³-hybridized carbons (Fsp3) is 1.00. The average Bonchev–Trinajstić information content (AvgIpc) is 2.60. The molecule has 0 aromatic heterocycles. The van der Waals surface area contributed by atoms with E-state index in [1.807, 2.05) is 6.92 Å². The van der Waals surface area contributed by atoms with Crippen LogP contribution in [0, 0.1) is 0 Å². The molecule has 0 radical (unpaired) electrons. The first-order valence-corrected chi connectivity index (χ1v) is 8.56. The van der Waals surface area contributed by atoms with Crippen LogP contribution in [0.5, 0.6) is 0 Å². The Balaban J connectivity index is 2.93. The molecule has 0 bridgehead atoms. The second kappa shape index (κ2) is 22.7. The maximum Gasteiger partial charge on any atom is 0.0701 e. The zero-order chi connectivity index (χ0) is 17.6. The highest BCUT2D eigenvalue weighted by Gasteiger charge is 1.94. The van der Waals surface area contributed by atoms with Crippen molar-refractivity contribution < 1.29 is 38.3 Å². The molecule has 146 valence electrons. The van der Waals surface area contributed by atoms with E-state index in [9.17, 15) is 0 Å². The van der Waals surface area contributed by atoms with Gasteiger partial charge in [0.05, 0.1) is 92.5 Å². The monoisotopic (exact) mass is 354 g/mol. The average molecular weight is 354 g/mol. The van der Waals surface area contributed by atoms with Crippen LogP contribution < -0.4 is 0 Å². The molecule has 0 fully saturated rings. The van der Waals surface area contributed by atoms with E-state index >= 15 is 0 Å². The molecule has 0 saturated heterocycles. The summed E-state index contributed by atoms with van der Waals surface area (Å²) in [6.07, 6.45) is 0. The molecule has 0 atom stereocenters. The van der Waals surface area contributed by atoms with Crippen LogP contribution in [0.3, 0.4) is 0 Å². The summed E-state index contributed by atoms with van der Waals surface area (Å²) in [5.41, 5.74) is 0. The molecule has 0 spiro atoms. The van der Waals surface area contributed by atoms with E-state index in [1.165, 1.54) is 0 Å². The Morgan fingerprint density at radius 1 is 0.417 bits per heavy atom. The van der Waals surface area contributed by atoms with Crippen molar-refractivity contribution in [1.82, 2.24) is 0 Å². The fourth-order valence-electron chi connectivity index (χ4n) is 1.53. The standard InChI is InChI=1S/C16H34O8/c1-2-18-5-6-20-9-10-22-13-14-24-16-15-23-12-11-21-8-7-19-4-3-17/h17H,2-16H2,1H3. The first-order valence-electron chi connectivity index (χ1n) is 8.56. The highest BCUT2D eigenvalue weighted by Crippen LogP contribution is 1.85. The van der Waals surface area contributed by atoms with Gasteiger partial charge in [0.25, 0.3) is 0 Å². The van der Waals surface area contributed by atoms with E-state index in [1.54, 1.807) is 0 Å². The number of hydrogen-bond acceptors (Lipinski definition) is 8. The zero-order valence-corrected chi connectivity index (χ0v) is 14.9. The molecule has 0 rings (SSSR count). The Bertz CT molecular complexity index is 196. The highest BCUT2D eigenvalue weighted by atomic mass is 16.6. The Labute approximate surface area is 145 Å². The minimum Gasteiger partial charge on any atom is -0.394 e. The van der Waals surface area contributed by atoms with Gasteiger partial charge in [0, 0.05) is 6.61 Å². The van der Waals surface area contributed by atoms with Crippen molar-refractivity contribution in [2.75, 3.05) is 99.1 Å². The third kappa shape index (κ3) is 21.7. The largest absolute Gasteiger partial charge is 0.394 e. The fourth-order valence-corrected chi connectivity index (χ4v) is 1.53. The van der Waals surface area contributed by atoms with Crippen LogP contribution >= 0.6 is 0 Å². The minimum atomic E-state index is 0.0381. The molecule has 8 nitrogen and oxygen atoms in total. The molecule has 8 heteroatoms. The van der Waals surface area contributed by atoms with Crippen LogP contribution in [-0.2, 0) is 33.2 Å². The Morgan fingerprint density at radius 2 is 0.667 bits per heavy atom. The molecule has 0 aromatic rings. The van der Waals surface area contributed by atoms with Crippen molar-refractivity contribution >= 4 is 0 Å². The van der Waals surface area contributed by atoms with Crippen LogP contribution in [-0.4, -0.2) is 104 Å². The van der Waals surface area contributed by atoms with E-state index < -0.39 is 0 Å². The lowest BCUT2D eigenvalue weighted by molar-refractivity contribution is -0.0211. The van der Waals surface area contributed by atoms with Crippen molar-refractivity contribution in [3.63, 3.8) is 0 Å². The third-order valence-corrected chi connectivity index (χ3v) is 2.67. The normalized spacial score (nSPS) is 11.2. The molecule has 0 aliphatic rings. The summed E-state index contributed by atoms with van der Waals surface area (Å²) in [4.78, 5) is 0. The predicted molar refractivity (Wildman–Crippen MR) is 88.5 cm³/mol. The maximum atomic E-state index is 8.50. The SMILES string of the molecule is CCOCCOCCOCCOCCOCCOCCOCCO. The van der Waals surface area contributed by atoms with Crippen LogP contribution in [0.15, 0.2) is 0 Å². The topological polar surface area (TPSA) is 84.8 Å². The van der Waals surface area contributed by atoms with Crippen LogP contribution in [0.4, 0.5) is 0 Å². The van der Waals surface area contributed by atoms with Gasteiger partial charge < -0.3 is 38.3 Å². The van der Waals surface area contributed by atoms with Gasteiger partial charge in [0.1, 0.15) is 0 Å². The Morgan fingerprint density at radius 3 is 0.917 bits per heavy atom. The lowest BCUT2D eigenvalue weighted by Gasteiger charge is -2.08. The molecule has 0 unspecified atom stereocenters. The van der Waals surface area contributed by atoms with Crippen molar-refractivity contribution in [2.45, 2.75) is 6.92 Å². The molecule has 1 N–H and O–H groups in total.